The zero-order valence-electron chi connectivity index (χ0n) is 25.5. The number of ether oxygens (including phenoxy) is 2. The maximum atomic E-state index is 14.0. The van der Waals surface area contributed by atoms with Gasteiger partial charge in [-0.25, -0.2) is 4.79 Å². The molecule has 0 spiro atoms. The predicted molar refractivity (Wildman–Crippen MR) is 166 cm³/mol. The summed E-state index contributed by atoms with van der Waals surface area (Å²) in [4.78, 5) is 31.2. The molecule has 1 N–H and O–H groups in total. The first kappa shape index (κ1) is 27.9. The van der Waals surface area contributed by atoms with Gasteiger partial charge in [0.05, 0.1) is 25.5 Å². The van der Waals surface area contributed by atoms with Crippen molar-refractivity contribution in [2.75, 3.05) is 40.4 Å². The van der Waals surface area contributed by atoms with Crippen LogP contribution in [0.5, 0.6) is 11.5 Å². The molecule has 8 heteroatoms. The van der Waals surface area contributed by atoms with Crippen LogP contribution in [0.4, 0.5) is 4.79 Å². The van der Waals surface area contributed by atoms with Gasteiger partial charge < -0.3 is 29.2 Å². The first-order chi connectivity index (χ1) is 20.8. The number of aromatic nitrogens is 1. The number of hydrogen-bond acceptors (Lipinski definition) is 4. The minimum absolute atomic E-state index is 0.00319. The van der Waals surface area contributed by atoms with Crippen molar-refractivity contribution in [2.45, 2.75) is 51.0 Å². The second-order valence-electron chi connectivity index (χ2n) is 13.2. The Morgan fingerprint density at radius 2 is 1.40 bits per heavy atom. The Labute approximate surface area is 253 Å². The van der Waals surface area contributed by atoms with Crippen molar-refractivity contribution in [3.63, 3.8) is 0 Å². The summed E-state index contributed by atoms with van der Waals surface area (Å²) in [7, 11) is 3.31. The van der Waals surface area contributed by atoms with Gasteiger partial charge in [-0.2, -0.15) is 0 Å². The van der Waals surface area contributed by atoms with E-state index in [1.165, 1.54) is 19.3 Å². The van der Waals surface area contributed by atoms with Crippen molar-refractivity contribution >= 4 is 11.9 Å². The molecule has 3 aromatic rings. The van der Waals surface area contributed by atoms with Crippen LogP contribution in [-0.4, -0.2) is 72.2 Å². The number of carbonyl (C=O) groups is 2. The second kappa shape index (κ2) is 11.0. The summed E-state index contributed by atoms with van der Waals surface area (Å²) in [6, 6.07) is 17.8. The van der Waals surface area contributed by atoms with Crippen LogP contribution in [0.25, 0.3) is 16.9 Å². The van der Waals surface area contributed by atoms with Gasteiger partial charge in [0.1, 0.15) is 11.5 Å². The van der Waals surface area contributed by atoms with Crippen LogP contribution in [0.1, 0.15) is 54.6 Å². The fraction of sp³-hybridized carbons (Fsp3) is 0.486. The molecule has 0 atom stereocenters. The van der Waals surface area contributed by atoms with Crippen LogP contribution in [-0.2, 0) is 0 Å². The maximum absolute atomic E-state index is 14.0. The molecule has 2 heterocycles. The lowest BCUT2D eigenvalue weighted by atomic mass is 9.53. The van der Waals surface area contributed by atoms with E-state index in [4.69, 9.17) is 9.47 Å². The monoisotopic (exact) mass is 582 g/mol. The molecule has 8 rings (SSSR count). The van der Waals surface area contributed by atoms with Gasteiger partial charge in [0.25, 0.3) is 5.91 Å². The topological polar surface area (TPSA) is 76.0 Å². The number of urea groups is 1. The van der Waals surface area contributed by atoms with Gasteiger partial charge in [0.2, 0.25) is 0 Å². The number of amides is 3. The lowest BCUT2D eigenvalue weighted by molar-refractivity contribution is -0.0164. The summed E-state index contributed by atoms with van der Waals surface area (Å²) >= 11 is 0. The van der Waals surface area contributed by atoms with Gasteiger partial charge in [0.15, 0.2) is 0 Å². The Hall–Kier alpha value is -3.94. The minimum atomic E-state index is -0.00458. The molecule has 226 valence electrons. The number of methoxy groups -OCH3 is 2. The molecule has 1 saturated heterocycles. The second-order valence-corrected chi connectivity index (χ2v) is 13.2. The molecule has 3 amide bonds. The highest BCUT2D eigenvalue weighted by Crippen LogP contribution is 2.55. The first-order valence-electron chi connectivity index (χ1n) is 15.7. The lowest BCUT2D eigenvalue weighted by Crippen LogP contribution is -2.63. The van der Waals surface area contributed by atoms with Gasteiger partial charge in [-0.1, -0.05) is 6.07 Å². The fourth-order valence-corrected chi connectivity index (χ4v) is 8.73. The third kappa shape index (κ3) is 5.15. The predicted octanol–water partition coefficient (Wildman–Crippen LogP) is 5.91. The average Bonchev–Trinajstić information content (AvgIpc) is 3.36. The molecule has 1 aromatic heterocycles. The molecule has 5 aliphatic rings. The van der Waals surface area contributed by atoms with E-state index in [1.807, 2.05) is 71.3 Å². The summed E-state index contributed by atoms with van der Waals surface area (Å²) in [5, 5.41) is 3.50. The van der Waals surface area contributed by atoms with Gasteiger partial charge in [-0.3, -0.25) is 4.79 Å². The summed E-state index contributed by atoms with van der Waals surface area (Å²) < 4.78 is 13.0. The first-order valence-corrected chi connectivity index (χ1v) is 15.7. The Bertz CT molecular complexity index is 1480. The van der Waals surface area contributed by atoms with Crippen molar-refractivity contribution in [2.24, 2.45) is 17.8 Å². The zero-order valence-corrected chi connectivity index (χ0v) is 25.5. The van der Waals surface area contributed by atoms with Crippen LogP contribution in [0, 0.1) is 24.7 Å². The Morgan fingerprint density at radius 1 is 0.791 bits per heavy atom. The lowest BCUT2D eigenvalue weighted by Gasteiger charge is -2.57. The summed E-state index contributed by atoms with van der Waals surface area (Å²) in [5.41, 5.74) is 4.36. The van der Waals surface area contributed by atoms with E-state index in [0.717, 1.165) is 71.2 Å². The Kier molecular flexibility index (Phi) is 7.10. The van der Waals surface area contributed by atoms with Crippen LogP contribution < -0.4 is 14.8 Å². The van der Waals surface area contributed by atoms with E-state index in [2.05, 4.69) is 9.88 Å². The molecule has 8 nitrogen and oxygen atoms in total. The molecule has 5 fully saturated rings. The quantitative estimate of drug-likeness (QED) is 0.392. The highest BCUT2D eigenvalue weighted by atomic mass is 16.5. The van der Waals surface area contributed by atoms with Crippen molar-refractivity contribution in [1.29, 1.82) is 0 Å². The Morgan fingerprint density at radius 3 is 2.00 bits per heavy atom. The number of piperazine rings is 1. The van der Waals surface area contributed by atoms with E-state index in [-0.39, 0.29) is 17.5 Å². The summed E-state index contributed by atoms with van der Waals surface area (Å²) in [5.74, 6) is 3.89. The van der Waals surface area contributed by atoms with E-state index < -0.39 is 0 Å². The molecule has 4 saturated carbocycles. The van der Waals surface area contributed by atoms with Gasteiger partial charge >= 0.3 is 6.03 Å². The Balaban J connectivity index is 1.09. The van der Waals surface area contributed by atoms with Gasteiger partial charge in [-0.05, 0) is 111 Å². The average molecular weight is 583 g/mol. The summed E-state index contributed by atoms with van der Waals surface area (Å²) in [6.45, 7) is 4.13. The normalized spacial score (nSPS) is 26.0. The van der Waals surface area contributed by atoms with Crippen LogP contribution in [0.15, 0.2) is 54.6 Å². The number of carbonyl (C=O) groups excluding carboxylic acids is 2. The molecule has 0 unspecified atom stereocenters. The molecule has 0 radical (unpaired) electrons. The summed E-state index contributed by atoms with van der Waals surface area (Å²) in [6.07, 6.45) is 7.49. The van der Waals surface area contributed by atoms with E-state index in [0.29, 0.717) is 31.7 Å². The van der Waals surface area contributed by atoms with E-state index in [1.54, 1.807) is 14.2 Å². The zero-order chi connectivity index (χ0) is 29.7. The highest BCUT2D eigenvalue weighted by Gasteiger charge is 2.52. The molecule has 4 bridgehead atoms. The molecular formula is C35H42N4O4. The SMILES string of the molecule is COc1ccc(-c2cc(C(=O)N3CCN(C(=O)NC45CC6CC(CC(C6)C4)C5)CC3)c(C)n2-c2cccc(OC)c2)cc1. The molecule has 43 heavy (non-hydrogen) atoms. The number of rotatable bonds is 6. The fourth-order valence-electron chi connectivity index (χ4n) is 8.73. The smallest absolute Gasteiger partial charge is 0.317 e. The van der Waals surface area contributed by atoms with Crippen molar-refractivity contribution < 1.29 is 19.1 Å². The highest BCUT2D eigenvalue weighted by molar-refractivity contribution is 5.97. The number of nitrogens with one attached hydrogen (secondary N) is 1. The molecular weight excluding hydrogens is 540 g/mol. The van der Waals surface area contributed by atoms with Crippen molar-refractivity contribution in [3.05, 3.63) is 65.9 Å². The standard InChI is InChI=1S/C35H42N4O4/c1-23-31(19-32(27-7-9-29(42-2)10-8-27)39(23)28-5-4-6-30(18-28)43-3)33(40)37-11-13-38(14-12-37)34(41)36-35-20-24-15-25(21-35)17-26(16-24)22-35/h4-10,18-19,24-26H,11-17,20-22H2,1-3H3,(H,36,41). The molecule has 1 aliphatic heterocycles. The third-order valence-corrected chi connectivity index (χ3v) is 10.4. The van der Waals surface area contributed by atoms with Crippen LogP contribution >= 0.6 is 0 Å². The van der Waals surface area contributed by atoms with Crippen molar-refractivity contribution in [3.8, 4) is 28.4 Å². The molecule has 4 aliphatic carbocycles. The van der Waals surface area contributed by atoms with Crippen molar-refractivity contribution in [1.82, 2.24) is 19.7 Å². The third-order valence-electron chi connectivity index (χ3n) is 10.4. The van der Waals surface area contributed by atoms with E-state index in [9.17, 15) is 9.59 Å². The number of benzene rings is 2. The van der Waals surface area contributed by atoms with Crippen LogP contribution in [0.2, 0.25) is 0 Å². The largest absolute Gasteiger partial charge is 0.497 e. The van der Waals surface area contributed by atoms with Crippen LogP contribution in [0.3, 0.4) is 0 Å². The maximum Gasteiger partial charge on any atom is 0.317 e. The number of hydrogen-bond donors (Lipinski definition) is 1. The molecule has 2 aromatic carbocycles. The van der Waals surface area contributed by atoms with Gasteiger partial charge in [-0.15, -0.1) is 0 Å². The van der Waals surface area contributed by atoms with E-state index >= 15 is 0 Å². The number of nitrogens with zero attached hydrogens (tertiary/aromatic N) is 3. The minimum Gasteiger partial charge on any atom is -0.497 e. The van der Waals surface area contributed by atoms with Gasteiger partial charge in [0, 0.05) is 49.2 Å².